The van der Waals surface area contributed by atoms with E-state index < -0.39 is 23.7 Å². The number of hydrogen-bond acceptors (Lipinski definition) is 4. The molecule has 0 radical (unpaired) electrons. The van der Waals surface area contributed by atoms with Gasteiger partial charge >= 0.3 is 0 Å². The molecular weight excluding hydrogens is 342 g/mol. The highest BCUT2D eigenvalue weighted by molar-refractivity contribution is 5.38. The van der Waals surface area contributed by atoms with Crippen molar-refractivity contribution in [3.63, 3.8) is 0 Å². The second-order valence-electron chi connectivity index (χ2n) is 11.2. The molecule has 7 bridgehead atoms. The van der Waals surface area contributed by atoms with E-state index in [0.717, 1.165) is 31.3 Å². The minimum Gasteiger partial charge on any atom is -0.633 e. The lowest BCUT2D eigenvalue weighted by atomic mass is 9.43. The second-order valence-corrected chi connectivity index (χ2v) is 11.2. The summed E-state index contributed by atoms with van der Waals surface area (Å²) in [6.45, 7) is 9.62. The number of hydrogen-bond donors (Lipinski definition) is 3. The Bertz CT molecular complexity index is 742. The molecule has 0 aromatic rings. The molecule has 150 valence electrons. The number of fused-ring (bicyclic) bond motifs is 1. The van der Waals surface area contributed by atoms with Gasteiger partial charge in [-0.2, -0.15) is 0 Å². The largest absolute Gasteiger partial charge is 0.633 e. The Morgan fingerprint density at radius 1 is 1.22 bits per heavy atom. The van der Waals surface area contributed by atoms with E-state index in [1.54, 1.807) is 0 Å². The number of aliphatic hydroxyl groups is 3. The van der Waals surface area contributed by atoms with Crippen molar-refractivity contribution in [1.29, 1.82) is 0 Å². The fourth-order valence-electron chi connectivity index (χ4n) is 10.3. The summed E-state index contributed by atoms with van der Waals surface area (Å²) in [7, 11) is 0. The quantitative estimate of drug-likeness (QED) is 0.371. The van der Waals surface area contributed by atoms with Crippen molar-refractivity contribution < 1.29 is 20.0 Å². The van der Waals surface area contributed by atoms with Crippen LogP contribution in [0.2, 0.25) is 0 Å². The Hall–Kier alpha value is -0.460. The Morgan fingerprint density at radius 2 is 1.96 bits per heavy atom. The summed E-state index contributed by atoms with van der Waals surface area (Å²) in [5, 5.41) is 48.0. The number of hydroxylamine groups is 3. The third-order valence-corrected chi connectivity index (χ3v) is 10.9. The number of aliphatic hydroxyl groups excluding tert-OH is 3. The van der Waals surface area contributed by atoms with Gasteiger partial charge in [-0.25, -0.2) is 0 Å². The van der Waals surface area contributed by atoms with Gasteiger partial charge in [0.05, 0.1) is 36.8 Å². The second kappa shape index (κ2) is 4.65. The van der Waals surface area contributed by atoms with Gasteiger partial charge in [0.15, 0.2) is 0 Å². The molecule has 0 aromatic carbocycles. The first-order valence-electron chi connectivity index (χ1n) is 11.0. The first kappa shape index (κ1) is 17.4. The van der Waals surface area contributed by atoms with E-state index in [9.17, 15) is 20.5 Å². The molecular formula is C22H33NO4. The molecule has 1 aliphatic heterocycles. The molecule has 6 rings (SSSR count). The highest BCUT2D eigenvalue weighted by atomic mass is 16.5. The molecule has 2 spiro atoms. The molecule has 5 aliphatic carbocycles. The van der Waals surface area contributed by atoms with Crippen LogP contribution in [0.25, 0.3) is 0 Å². The summed E-state index contributed by atoms with van der Waals surface area (Å²) in [6.07, 6.45) is 2.37. The van der Waals surface area contributed by atoms with Crippen molar-refractivity contribution in [3.05, 3.63) is 17.4 Å². The Morgan fingerprint density at radius 3 is 2.67 bits per heavy atom. The summed E-state index contributed by atoms with van der Waals surface area (Å²) < 4.78 is -0.215. The maximum Gasteiger partial charge on any atom is 0.101 e. The maximum absolute atomic E-state index is 14.2. The van der Waals surface area contributed by atoms with Crippen LogP contribution in [-0.2, 0) is 0 Å². The van der Waals surface area contributed by atoms with Crippen molar-refractivity contribution >= 4 is 0 Å². The average molecular weight is 376 g/mol. The summed E-state index contributed by atoms with van der Waals surface area (Å²) in [4.78, 5) is 0. The summed E-state index contributed by atoms with van der Waals surface area (Å²) in [6, 6.07) is -0.132. The van der Waals surface area contributed by atoms with Gasteiger partial charge in [-0.3, -0.25) is 0 Å². The fraction of sp³-hybridized carbons (Fsp3) is 0.909. The molecule has 3 unspecified atom stereocenters. The van der Waals surface area contributed by atoms with Gasteiger partial charge in [0.25, 0.3) is 0 Å². The van der Waals surface area contributed by atoms with Crippen LogP contribution in [0, 0.1) is 45.1 Å². The molecule has 6 aliphatic rings. The number of rotatable bonds is 1. The third kappa shape index (κ3) is 1.49. The van der Waals surface area contributed by atoms with Gasteiger partial charge in [0.2, 0.25) is 0 Å². The molecule has 5 saturated carbocycles. The van der Waals surface area contributed by atoms with E-state index in [-0.39, 0.29) is 39.3 Å². The number of quaternary nitrogens is 1. The minimum atomic E-state index is -0.638. The standard InChI is InChI=1S/C22H33NO4/c1-4-23(27)10-20(3)6-5-17(25)22-15(20)7-13(18(22)23)21-9-12(11(2)19(21)26)14(24)8-16(21)22/h12-19,24-26H,2,4-10H2,1,3H3/t12-,13?,14+,15+,16+,17+,18?,19-,20+,21-,22+,23?/m1/s1. The number of piperidine rings is 1. The van der Waals surface area contributed by atoms with Crippen molar-refractivity contribution in [3.8, 4) is 0 Å². The molecule has 6 fully saturated rings. The van der Waals surface area contributed by atoms with Gasteiger partial charge in [-0.05, 0) is 56.4 Å². The first-order valence-corrected chi connectivity index (χ1v) is 11.0. The van der Waals surface area contributed by atoms with Crippen LogP contribution in [-0.4, -0.2) is 57.4 Å². The lowest BCUT2D eigenvalue weighted by molar-refractivity contribution is -0.927. The van der Waals surface area contributed by atoms with Crippen LogP contribution in [0.5, 0.6) is 0 Å². The van der Waals surface area contributed by atoms with Crippen molar-refractivity contribution in [2.75, 3.05) is 13.1 Å². The Balaban J connectivity index is 1.63. The van der Waals surface area contributed by atoms with Crippen LogP contribution < -0.4 is 0 Å². The van der Waals surface area contributed by atoms with Gasteiger partial charge < -0.3 is 25.2 Å². The van der Waals surface area contributed by atoms with Crippen LogP contribution in [0.3, 0.4) is 0 Å². The normalized spacial score (nSPS) is 68.3. The SMILES string of the molecule is C=C1[C@H]2C[C@]3(C4C[C@H]5[C@@]6(C)CC[C@H](O)[C@@]5(C4[N+]([O-])(CC)C6)[C@H]3C[C@@H]2O)[C@@H]1O. The zero-order valence-corrected chi connectivity index (χ0v) is 16.5. The molecule has 3 N–H and O–H groups in total. The monoisotopic (exact) mass is 375 g/mol. The van der Waals surface area contributed by atoms with E-state index in [1.165, 1.54) is 0 Å². The summed E-state index contributed by atoms with van der Waals surface area (Å²) >= 11 is 0. The van der Waals surface area contributed by atoms with Crippen molar-refractivity contribution in [1.82, 2.24) is 0 Å². The smallest absolute Gasteiger partial charge is 0.101 e. The highest BCUT2D eigenvalue weighted by Crippen LogP contribution is 2.84. The van der Waals surface area contributed by atoms with Crippen molar-refractivity contribution in [2.45, 2.75) is 70.3 Å². The topological polar surface area (TPSA) is 83.8 Å². The molecule has 12 atom stereocenters. The lowest BCUT2D eigenvalue weighted by Gasteiger charge is -2.68. The van der Waals surface area contributed by atoms with Gasteiger partial charge in [0, 0.05) is 22.7 Å². The molecule has 1 heterocycles. The number of likely N-dealkylation sites (tertiary alicyclic amines) is 1. The highest BCUT2D eigenvalue weighted by Gasteiger charge is 2.88. The van der Waals surface area contributed by atoms with Crippen LogP contribution >= 0.6 is 0 Å². The van der Waals surface area contributed by atoms with E-state index >= 15 is 0 Å². The number of nitrogens with zero attached hydrogens (tertiary/aromatic N) is 1. The summed E-state index contributed by atoms with van der Waals surface area (Å²) in [5.41, 5.74) is -0.0521. The van der Waals surface area contributed by atoms with Crippen LogP contribution in [0.1, 0.15) is 46.0 Å². The van der Waals surface area contributed by atoms with E-state index in [2.05, 4.69) is 13.5 Å². The van der Waals surface area contributed by atoms with Crippen LogP contribution in [0.15, 0.2) is 12.2 Å². The molecule has 1 saturated heterocycles. The maximum atomic E-state index is 14.2. The first-order chi connectivity index (χ1) is 12.7. The zero-order valence-electron chi connectivity index (χ0n) is 16.5. The van der Waals surface area contributed by atoms with E-state index in [1.807, 2.05) is 6.92 Å². The van der Waals surface area contributed by atoms with E-state index in [4.69, 9.17) is 0 Å². The van der Waals surface area contributed by atoms with Crippen LogP contribution in [0.4, 0.5) is 0 Å². The molecule has 0 aromatic heterocycles. The predicted molar refractivity (Wildman–Crippen MR) is 100 cm³/mol. The molecule has 0 amide bonds. The molecule has 27 heavy (non-hydrogen) atoms. The van der Waals surface area contributed by atoms with Gasteiger partial charge in [-0.15, -0.1) is 0 Å². The zero-order chi connectivity index (χ0) is 19.1. The third-order valence-electron chi connectivity index (χ3n) is 10.9. The lowest BCUT2D eigenvalue weighted by Crippen LogP contribution is -2.73. The fourth-order valence-corrected chi connectivity index (χ4v) is 10.3. The molecule has 5 nitrogen and oxygen atoms in total. The van der Waals surface area contributed by atoms with Gasteiger partial charge in [-0.1, -0.05) is 13.5 Å². The molecule has 5 heteroatoms. The minimum absolute atomic E-state index is 0.0344. The predicted octanol–water partition coefficient (Wildman–Crippen LogP) is 1.80. The Kier molecular flexibility index (Phi) is 2.99. The average Bonchev–Trinajstić information content (AvgIpc) is 3.17. The summed E-state index contributed by atoms with van der Waals surface area (Å²) in [5.74, 6) is 0.473. The Labute approximate surface area is 161 Å². The van der Waals surface area contributed by atoms with Gasteiger partial charge in [0.1, 0.15) is 6.04 Å². The van der Waals surface area contributed by atoms with Crippen molar-refractivity contribution in [2.24, 2.45) is 39.9 Å². The van der Waals surface area contributed by atoms with E-state index in [0.29, 0.717) is 25.4 Å².